The van der Waals surface area contributed by atoms with Gasteiger partial charge in [0, 0.05) is 35.8 Å². The first-order valence-corrected chi connectivity index (χ1v) is 11.8. The fourth-order valence-electron chi connectivity index (χ4n) is 3.43. The summed E-state index contributed by atoms with van der Waals surface area (Å²) in [6, 6.07) is 6.87. The fraction of sp³-hybridized carbons (Fsp3) is 0.400. The van der Waals surface area contributed by atoms with Crippen LogP contribution in [0, 0.1) is 6.92 Å². The van der Waals surface area contributed by atoms with E-state index < -0.39 is 16.1 Å². The molecule has 0 spiro atoms. The van der Waals surface area contributed by atoms with Crippen LogP contribution in [0.3, 0.4) is 0 Å². The smallest absolute Gasteiger partial charge is 0.328 e. The summed E-state index contributed by atoms with van der Waals surface area (Å²) >= 11 is 6.09. The average molecular weight is 452 g/mol. The molecule has 30 heavy (non-hydrogen) atoms. The average Bonchev–Trinajstić information content (AvgIpc) is 3.18. The number of unbranched alkanes of at least 4 members (excludes halogenated alkanes) is 1. The molecular weight excluding hydrogens is 426 g/mol. The maximum absolute atomic E-state index is 12.4. The Hall–Kier alpha value is -2.52. The van der Waals surface area contributed by atoms with Crippen molar-refractivity contribution < 1.29 is 13.2 Å². The molecule has 2 aromatic heterocycles. The first-order chi connectivity index (χ1) is 14.2. The van der Waals surface area contributed by atoms with Gasteiger partial charge in [0.2, 0.25) is 10.0 Å². The highest BCUT2D eigenvalue weighted by Crippen LogP contribution is 2.27. The quantitative estimate of drug-likeness (QED) is 0.513. The highest BCUT2D eigenvalue weighted by molar-refractivity contribution is 7.90. The van der Waals surface area contributed by atoms with Gasteiger partial charge in [-0.25, -0.2) is 17.9 Å². The van der Waals surface area contributed by atoms with Gasteiger partial charge in [-0.2, -0.15) is 5.10 Å². The van der Waals surface area contributed by atoms with Gasteiger partial charge in [-0.1, -0.05) is 24.9 Å². The molecule has 2 amide bonds. The van der Waals surface area contributed by atoms with Crippen LogP contribution in [0.5, 0.6) is 0 Å². The van der Waals surface area contributed by atoms with Gasteiger partial charge >= 0.3 is 6.03 Å². The van der Waals surface area contributed by atoms with Gasteiger partial charge in [0.15, 0.2) is 0 Å². The van der Waals surface area contributed by atoms with Crippen LogP contribution >= 0.6 is 11.6 Å². The number of rotatable bonds is 8. The Bertz CT molecular complexity index is 1170. The predicted octanol–water partition coefficient (Wildman–Crippen LogP) is 3.30. The lowest BCUT2D eigenvalue weighted by molar-refractivity contribution is 0.245. The molecule has 8 nitrogen and oxygen atoms in total. The van der Waals surface area contributed by atoms with Crippen molar-refractivity contribution in [3.63, 3.8) is 0 Å². The van der Waals surface area contributed by atoms with Crippen LogP contribution in [0.15, 0.2) is 30.5 Å². The summed E-state index contributed by atoms with van der Waals surface area (Å²) in [5.74, 6) is 0.561. The summed E-state index contributed by atoms with van der Waals surface area (Å²) in [5.41, 5.74) is 2.49. The standard InChI is InChI=1S/C20H26ClN5O3S/c1-4-5-10-22-20(27)24-30(28,29)12-9-17-14(2)23-25(3)19(17)26-11-8-15-13-16(21)6-7-18(15)26/h6-8,11,13H,4-5,9-10,12H2,1-3H3,(H2,22,24,27). The van der Waals surface area contributed by atoms with Gasteiger partial charge in [-0.05, 0) is 44.0 Å². The minimum absolute atomic E-state index is 0.222. The molecule has 0 saturated carbocycles. The Labute approximate surface area is 181 Å². The van der Waals surface area contributed by atoms with Gasteiger partial charge < -0.3 is 9.88 Å². The number of hydrogen-bond acceptors (Lipinski definition) is 4. The number of benzene rings is 1. The number of urea groups is 1. The summed E-state index contributed by atoms with van der Waals surface area (Å²) < 4.78 is 30.6. The Balaban J connectivity index is 1.81. The Morgan fingerprint density at radius 1 is 1.27 bits per heavy atom. The second kappa shape index (κ2) is 9.09. The minimum atomic E-state index is -3.78. The zero-order valence-corrected chi connectivity index (χ0v) is 18.8. The van der Waals surface area contributed by atoms with E-state index in [1.54, 1.807) is 4.68 Å². The molecule has 0 aliphatic heterocycles. The Morgan fingerprint density at radius 2 is 2.03 bits per heavy atom. The van der Waals surface area contributed by atoms with Crippen LogP contribution in [0.2, 0.25) is 5.02 Å². The summed E-state index contributed by atoms with van der Waals surface area (Å²) in [6.07, 6.45) is 3.84. The number of aromatic nitrogens is 3. The number of aryl methyl sites for hydroxylation is 2. The van der Waals surface area contributed by atoms with E-state index in [4.69, 9.17) is 11.6 Å². The van der Waals surface area contributed by atoms with Crippen molar-refractivity contribution in [3.8, 4) is 5.82 Å². The lowest BCUT2D eigenvalue weighted by Gasteiger charge is -2.11. The molecule has 0 saturated heterocycles. The molecule has 0 aliphatic rings. The van der Waals surface area contributed by atoms with E-state index in [2.05, 4.69) is 15.1 Å². The third-order valence-electron chi connectivity index (χ3n) is 4.88. The number of carbonyl (C=O) groups is 1. The SMILES string of the molecule is CCCCNC(=O)NS(=O)(=O)CCc1c(C)nn(C)c1-n1ccc2cc(Cl)ccc21. The van der Waals surface area contributed by atoms with Crippen LogP contribution in [-0.4, -0.2) is 41.1 Å². The number of hydrogen-bond donors (Lipinski definition) is 2. The molecule has 2 N–H and O–H groups in total. The molecule has 0 bridgehead atoms. The lowest BCUT2D eigenvalue weighted by atomic mass is 10.2. The molecule has 3 rings (SSSR count). The Kier molecular flexibility index (Phi) is 6.72. The van der Waals surface area contributed by atoms with Crippen molar-refractivity contribution in [2.45, 2.75) is 33.1 Å². The van der Waals surface area contributed by atoms with Gasteiger partial charge in [-0.15, -0.1) is 0 Å². The summed E-state index contributed by atoms with van der Waals surface area (Å²) in [6.45, 7) is 4.28. The van der Waals surface area contributed by atoms with E-state index in [0.29, 0.717) is 11.6 Å². The molecule has 0 unspecified atom stereocenters. The van der Waals surface area contributed by atoms with Crippen molar-refractivity contribution in [3.05, 3.63) is 46.7 Å². The maximum atomic E-state index is 12.4. The van der Waals surface area contributed by atoms with Gasteiger partial charge in [0.1, 0.15) is 5.82 Å². The van der Waals surface area contributed by atoms with E-state index in [1.165, 1.54) is 0 Å². The van der Waals surface area contributed by atoms with Crippen molar-refractivity contribution in [1.82, 2.24) is 24.4 Å². The van der Waals surface area contributed by atoms with Crippen LogP contribution in [0.1, 0.15) is 31.0 Å². The first-order valence-electron chi connectivity index (χ1n) is 9.79. The largest absolute Gasteiger partial charge is 0.337 e. The second-order valence-electron chi connectivity index (χ2n) is 7.18. The van der Waals surface area contributed by atoms with E-state index in [1.807, 2.05) is 55.9 Å². The summed E-state index contributed by atoms with van der Waals surface area (Å²) in [5, 5.41) is 8.66. The molecule has 3 aromatic rings. The van der Waals surface area contributed by atoms with E-state index in [9.17, 15) is 13.2 Å². The summed E-state index contributed by atoms with van der Waals surface area (Å²) in [4.78, 5) is 11.8. The predicted molar refractivity (Wildman–Crippen MR) is 119 cm³/mol. The highest BCUT2D eigenvalue weighted by atomic mass is 35.5. The fourth-order valence-corrected chi connectivity index (χ4v) is 4.54. The molecular formula is C20H26ClN5O3S. The summed E-state index contributed by atoms with van der Waals surface area (Å²) in [7, 11) is -1.96. The van der Waals surface area contributed by atoms with Gasteiger partial charge in [0.25, 0.3) is 0 Å². The van der Waals surface area contributed by atoms with Crippen LogP contribution < -0.4 is 10.0 Å². The molecule has 10 heteroatoms. The third-order valence-corrected chi connectivity index (χ3v) is 6.35. The molecule has 0 fully saturated rings. The van der Waals surface area contributed by atoms with Crippen molar-refractivity contribution in [2.24, 2.45) is 7.05 Å². The number of sulfonamides is 1. The van der Waals surface area contributed by atoms with Crippen LogP contribution in [0.4, 0.5) is 4.79 Å². The van der Waals surface area contributed by atoms with E-state index in [0.717, 1.165) is 40.8 Å². The normalized spacial score (nSPS) is 11.7. The zero-order valence-electron chi connectivity index (χ0n) is 17.3. The molecule has 0 aliphatic carbocycles. The van der Waals surface area contributed by atoms with Crippen LogP contribution in [-0.2, 0) is 23.5 Å². The van der Waals surface area contributed by atoms with Crippen molar-refractivity contribution in [2.75, 3.05) is 12.3 Å². The topological polar surface area (TPSA) is 98.0 Å². The van der Waals surface area contributed by atoms with Crippen molar-refractivity contribution in [1.29, 1.82) is 0 Å². The number of fused-ring (bicyclic) bond motifs is 1. The molecule has 162 valence electrons. The monoisotopic (exact) mass is 451 g/mol. The van der Waals surface area contributed by atoms with Gasteiger partial charge in [0.05, 0.1) is 17.0 Å². The zero-order chi connectivity index (χ0) is 21.9. The third kappa shape index (κ3) is 4.96. The van der Waals surface area contributed by atoms with E-state index >= 15 is 0 Å². The van der Waals surface area contributed by atoms with E-state index in [-0.39, 0.29) is 12.2 Å². The molecule has 0 radical (unpaired) electrons. The number of nitrogens with one attached hydrogen (secondary N) is 2. The number of carbonyl (C=O) groups excluding carboxylic acids is 1. The molecule has 1 aromatic carbocycles. The lowest BCUT2D eigenvalue weighted by Crippen LogP contribution is -2.41. The molecule has 0 atom stereocenters. The van der Waals surface area contributed by atoms with Gasteiger partial charge in [-0.3, -0.25) is 4.68 Å². The maximum Gasteiger partial charge on any atom is 0.328 e. The van der Waals surface area contributed by atoms with Crippen molar-refractivity contribution >= 4 is 38.6 Å². The molecule has 2 heterocycles. The first kappa shape index (κ1) is 22.2. The number of nitrogens with zero attached hydrogens (tertiary/aromatic N) is 3. The highest BCUT2D eigenvalue weighted by Gasteiger charge is 2.21. The minimum Gasteiger partial charge on any atom is -0.337 e. The second-order valence-corrected chi connectivity index (χ2v) is 9.46. The van der Waals surface area contributed by atoms with Crippen LogP contribution in [0.25, 0.3) is 16.7 Å². The number of amides is 2. The Morgan fingerprint density at radius 3 is 2.77 bits per heavy atom. The number of halogens is 1.